The predicted octanol–water partition coefficient (Wildman–Crippen LogP) is 2.55. The Morgan fingerprint density at radius 3 is 2.31 bits per heavy atom. The summed E-state index contributed by atoms with van der Waals surface area (Å²) >= 11 is 0. The van der Waals surface area contributed by atoms with Crippen LogP contribution in [0.3, 0.4) is 0 Å². The van der Waals surface area contributed by atoms with E-state index in [1.54, 1.807) is 18.8 Å². The maximum atomic E-state index is 10.8. The molecule has 0 aliphatic rings. The number of rotatable bonds is 3. The molecule has 1 unspecified atom stereocenters. The van der Waals surface area contributed by atoms with Gasteiger partial charge in [-0.2, -0.15) is 0 Å². The van der Waals surface area contributed by atoms with Crippen molar-refractivity contribution in [1.82, 2.24) is 0 Å². The highest BCUT2D eigenvalue weighted by molar-refractivity contribution is 7.42. The first kappa shape index (κ1) is 9.81. The molecular formula is C8H9NO3P+. The maximum absolute atomic E-state index is 10.8. The van der Waals surface area contributed by atoms with Crippen LogP contribution in [0.1, 0.15) is 5.56 Å². The van der Waals surface area contributed by atoms with Crippen LogP contribution in [0.25, 0.3) is 0 Å². The molecule has 0 saturated carbocycles. The Balaban J connectivity index is 2.81. The zero-order chi connectivity index (χ0) is 9.84. The van der Waals surface area contributed by atoms with Crippen LogP contribution in [0.4, 0.5) is 5.69 Å². The summed E-state index contributed by atoms with van der Waals surface area (Å²) in [5.41, 5.74) is 0.935. The molecule has 1 atom stereocenters. The van der Waals surface area contributed by atoms with E-state index < -0.39 is 12.7 Å². The van der Waals surface area contributed by atoms with E-state index in [1.807, 2.05) is 0 Å². The van der Waals surface area contributed by atoms with E-state index in [4.69, 9.17) is 0 Å². The highest BCUT2D eigenvalue weighted by atomic mass is 31.1. The van der Waals surface area contributed by atoms with E-state index in [0.717, 1.165) is 5.56 Å². The molecule has 68 valence electrons. The van der Waals surface area contributed by atoms with E-state index in [0.29, 0.717) is 6.16 Å². The fourth-order valence-corrected chi connectivity index (χ4v) is 1.71. The topological polar surface area (TPSA) is 60.2 Å². The Morgan fingerprint density at radius 1 is 1.38 bits per heavy atom. The molecule has 0 bridgehead atoms. The molecule has 0 fully saturated rings. The molecule has 1 aromatic rings. The Kier molecular flexibility index (Phi) is 3.09. The summed E-state index contributed by atoms with van der Waals surface area (Å²) in [7, 11) is -1.22. The maximum Gasteiger partial charge on any atom is 0.340 e. The summed E-state index contributed by atoms with van der Waals surface area (Å²) in [5, 5.41) is 10.3. The average molecular weight is 198 g/mol. The van der Waals surface area contributed by atoms with Crippen LogP contribution in [0.5, 0.6) is 0 Å². The van der Waals surface area contributed by atoms with Crippen molar-refractivity contribution in [2.45, 2.75) is 6.16 Å². The van der Waals surface area contributed by atoms with Gasteiger partial charge < -0.3 is 0 Å². The Morgan fingerprint density at radius 2 is 1.92 bits per heavy atom. The van der Waals surface area contributed by atoms with Gasteiger partial charge in [0.15, 0.2) is 6.16 Å². The second-order valence-corrected chi connectivity index (χ2v) is 4.28. The molecule has 0 aliphatic heterocycles. The van der Waals surface area contributed by atoms with Crippen LogP contribution in [-0.2, 0) is 10.7 Å². The van der Waals surface area contributed by atoms with Crippen LogP contribution in [0, 0.1) is 10.1 Å². The summed E-state index contributed by atoms with van der Waals surface area (Å²) in [6.07, 6.45) is 0.479. The second kappa shape index (κ2) is 4.10. The normalized spacial score (nSPS) is 11.0. The number of hydrogen-bond donors (Lipinski definition) is 0. The minimum absolute atomic E-state index is 0.0649. The van der Waals surface area contributed by atoms with Crippen molar-refractivity contribution in [2.75, 3.05) is 6.66 Å². The molecule has 0 radical (unpaired) electrons. The van der Waals surface area contributed by atoms with Gasteiger partial charge in [0.2, 0.25) is 0 Å². The monoisotopic (exact) mass is 198 g/mol. The first-order valence-electron chi connectivity index (χ1n) is 3.71. The molecule has 5 heteroatoms. The second-order valence-electron chi connectivity index (χ2n) is 2.71. The number of non-ortho nitro benzene ring substituents is 1. The summed E-state index contributed by atoms with van der Waals surface area (Å²) < 4.78 is 10.8. The first-order chi connectivity index (χ1) is 6.09. The van der Waals surface area contributed by atoms with Crippen molar-refractivity contribution in [3.63, 3.8) is 0 Å². The minimum atomic E-state index is -1.22. The summed E-state index contributed by atoms with van der Waals surface area (Å²) in [4.78, 5) is 9.83. The smallest absolute Gasteiger partial charge is 0.258 e. The van der Waals surface area contributed by atoms with Crippen molar-refractivity contribution in [1.29, 1.82) is 0 Å². The zero-order valence-electron chi connectivity index (χ0n) is 7.14. The molecule has 0 aliphatic carbocycles. The number of benzene rings is 1. The van der Waals surface area contributed by atoms with Crippen LogP contribution in [0.15, 0.2) is 24.3 Å². The van der Waals surface area contributed by atoms with Gasteiger partial charge in [-0.05, 0) is 12.1 Å². The molecule has 0 amide bonds. The predicted molar refractivity (Wildman–Crippen MR) is 50.3 cm³/mol. The van der Waals surface area contributed by atoms with Crippen molar-refractivity contribution >= 4 is 13.5 Å². The first-order valence-corrected chi connectivity index (χ1v) is 5.60. The van der Waals surface area contributed by atoms with Crippen molar-refractivity contribution < 1.29 is 9.49 Å². The number of nitro groups is 1. The molecule has 0 saturated heterocycles. The highest BCUT2D eigenvalue weighted by Gasteiger charge is 2.09. The molecule has 0 aromatic heterocycles. The van der Waals surface area contributed by atoms with Gasteiger partial charge in [-0.25, -0.2) is 0 Å². The fraction of sp³-hybridized carbons (Fsp3) is 0.250. The molecule has 0 spiro atoms. The lowest BCUT2D eigenvalue weighted by atomic mass is 10.2. The van der Waals surface area contributed by atoms with Gasteiger partial charge in [-0.15, -0.1) is 0 Å². The quantitative estimate of drug-likeness (QED) is 0.426. The van der Waals surface area contributed by atoms with E-state index in [-0.39, 0.29) is 5.69 Å². The number of nitrogens with zero attached hydrogens (tertiary/aromatic N) is 1. The largest absolute Gasteiger partial charge is 0.340 e. The summed E-state index contributed by atoms with van der Waals surface area (Å²) in [6.45, 7) is 1.64. The molecular weight excluding hydrogens is 189 g/mol. The molecule has 0 heterocycles. The molecule has 0 N–H and O–H groups in total. The highest BCUT2D eigenvalue weighted by Crippen LogP contribution is 2.22. The van der Waals surface area contributed by atoms with E-state index >= 15 is 0 Å². The number of hydrogen-bond acceptors (Lipinski definition) is 3. The van der Waals surface area contributed by atoms with Crippen LogP contribution < -0.4 is 0 Å². The fourth-order valence-electron chi connectivity index (χ4n) is 0.980. The van der Waals surface area contributed by atoms with Crippen LogP contribution in [-0.4, -0.2) is 11.6 Å². The van der Waals surface area contributed by atoms with Crippen LogP contribution >= 0.6 is 7.80 Å². The molecule has 4 nitrogen and oxygen atoms in total. The Hall–Kier alpha value is -1.28. The lowest BCUT2D eigenvalue weighted by molar-refractivity contribution is -0.384. The third-order valence-electron chi connectivity index (χ3n) is 1.55. The van der Waals surface area contributed by atoms with E-state index in [9.17, 15) is 14.7 Å². The molecule has 1 rings (SSSR count). The van der Waals surface area contributed by atoms with Gasteiger partial charge in [-0.1, -0.05) is 4.57 Å². The SMILES string of the molecule is C[P+](=O)Cc1ccc([N+](=O)[O-])cc1. The third-order valence-corrected chi connectivity index (χ3v) is 2.36. The van der Waals surface area contributed by atoms with E-state index in [2.05, 4.69) is 0 Å². The van der Waals surface area contributed by atoms with Gasteiger partial charge in [0, 0.05) is 17.7 Å². The lowest BCUT2D eigenvalue weighted by Crippen LogP contribution is -1.87. The minimum Gasteiger partial charge on any atom is -0.258 e. The van der Waals surface area contributed by atoms with Crippen molar-refractivity contribution in [2.24, 2.45) is 0 Å². The van der Waals surface area contributed by atoms with E-state index in [1.165, 1.54) is 12.1 Å². The van der Waals surface area contributed by atoms with Gasteiger partial charge in [0.05, 0.1) is 4.92 Å². The Labute approximate surface area is 76.5 Å². The zero-order valence-corrected chi connectivity index (χ0v) is 8.03. The molecule has 1 aromatic carbocycles. The summed E-state index contributed by atoms with van der Waals surface area (Å²) in [6, 6.07) is 6.12. The molecule has 13 heavy (non-hydrogen) atoms. The van der Waals surface area contributed by atoms with Gasteiger partial charge >= 0.3 is 7.80 Å². The Bertz CT molecular complexity index is 334. The van der Waals surface area contributed by atoms with Gasteiger partial charge in [0.1, 0.15) is 6.66 Å². The van der Waals surface area contributed by atoms with Gasteiger partial charge in [-0.3, -0.25) is 10.1 Å². The standard InChI is InChI=1S/C8H9NO3P/c1-13(12)6-7-2-4-8(5-3-7)9(10)11/h2-5H,6H2,1H3/q+1. The average Bonchev–Trinajstić information content (AvgIpc) is 2.04. The number of nitro benzene ring substituents is 1. The summed E-state index contributed by atoms with van der Waals surface area (Å²) in [5.74, 6) is 0. The third kappa shape index (κ3) is 2.92. The van der Waals surface area contributed by atoms with Gasteiger partial charge in [0.25, 0.3) is 5.69 Å². The van der Waals surface area contributed by atoms with Crippen molar-refractivity contribution in [3.05, 3.63) is 39.9 Å². The van der Waals surface area contributed by atoms with Crippen molar-refractivity contribution in [3.8, 4) is 0 Å². The lowest BCUT2D eigenvalue weighted by Gasteiger charge is -1.91. The van der Waals surface area contributed by atoms with Crippen LogP contribution in [0.2, 0.25) is 0 Å².